The van der Waals surface area contributed by atoms with Crippen molar-refractivity contribution >= 4 is 11.9 Å². The highest BCUT2D eigenvalue weighted by Crippen LogP contribution is 2.63. The predicted molar refractivity (Wildman–Crippen MR) is 132 cm³/mol. The van der Waals surface area contributed by atoms with E-state index in [-0.39, 0.29) is 29.4 Å². The molecule has 186 valence electrons. The number of carbonyl (C=O) groups excluding carboxylic acids is 2. The topological polar surface area (TPSA) is 55.4 Å². The highest BCUT2D eigenvalue weighted by atomic mass is 16.5. The fraction of sp³-hybridized carbons (Fsp3) is 0.862. The minimum atomic E-state index is -0.215. The van der Waals surface area contributed by atoms with Crippen LogP contribution >= 0.6 is 0 Å². The Bertz CT molecular complexity index is 788. The van der Waals surface area contributed by atoms with E-state index in [1.807, 2.05) is 6.08 Å². The van der Waals surface area contributed by atoms with Crippen LogP contribution < -0.4 is 5.32 Å². The van der Waals surface area contributed by atoms with Gasteiger partial charge in [-0.15, -0.1) is 0 Å². The molecule has 4 aliphatic rings. The summed E-state index contributed by atoms with van der Waals surface area (Å²) in [6.45, 7) is 13.6. The zero-order valence-electron chi connectivity index (χ0n) is 21.9. The Kier molecular flexibility index (Phi) is 7.05. The molecule has 0 unspecified atom stereocenters. The van der Waals surface area contributed by atoms with E-state index < -0.39 is 0 Å². The molecule has 0 radical (unpaired) electrons. The molecule has 4 heteroatoms. The van der Waals surface area contributed by atoms with E-state index in [1.165, 1.54) is 57.4 Å². The Morgan fingerprint density at radius 1 is 1.09 bits per heavy atom. The molecule has 0 aromatic rings. The van der Waals surface area contributed by atoms with Gasteiger partial charge in [-0.05, 0) is 78.9 Å². The second-order valence-electron chi connectivity index (χ2n) is 12.8. The summed E-state index contributed by atoms with van der Waals surface area (Å²) in [5.41, 5.74) is 1.58. The molecule has 3 aliphatic carbocycles. The van der Waals surface area contributed by atoms with Crippen molar-refractivity contribution in [2.45, 2.75) is 118 Å². The second-order valence-corrected chi connectivity index (χ2v) is 12.8. The van der Waals surface area contributed by atoms with Gasteiger partial charge < -0.3 is 10.1 Å². The lowest BCUT2D eigenvalue weighted by Gasteiger charge is -2.55. The number of nitrogens with one attached hydrogen (secondary N) is 1. The number of hydrogen-bond donors (Lipinski definition) is 1. The molecule has 8 atom stereocenters. The van der Waals surface area contributed by atoms with Crippen molar-refractivity contribution in [2.24, 2.45) is 40.4 Å². The van der Waals surface area contributed by atoms with Gasteiger partial charge in [0.1, 0.15) is 6.10 Å². The first kappa shape index (κ1) is 24.8. The molecule has 1 N–H and O–H groups in total. The molecule has 0 aromatic carbocycles. The Morgan fingerprint density at radius 3 is 2.55 bits per heavy atom. The van der Waals surface area contributed by atoms with Gasteiger partial charge in [-0.1, -0.05) is 59.5 Å². The molecule has 33 heavy (non-hydrogen) atoms. The third kappa shape index (κ3) is 4.65. The predicted octanol–water partition coefficient (Wildman–Crippen LogP) is 6.44. The summed E-state index contributed by atoms with van der Waals surface area (Å²) in [5, 5.41) is 3.51. The van der Waals surface area contributed by atoms with E-state index in [0.29, 0.717) is 23.7 Å². The second kappa shape index (κ2) is 9.38. The number of fused-ring (bicyclic) bond motifs is 5. The molecule has 0 saturated heterocycles. The van der Waals surface area contributed by atoms with Gasteiger partial charge >= 0.3 is 5.97 Å². The third-order valence-corrected chi connectivity index (χ3v) is 10.4. The van der Waals surface area contributed by atoms with Crippen molar-refractivity contribution in [3.8, 4) is 0 Å². The third-order valence-electron chi connectivity index (χ3n) is 10.4. The number of ether oxygens (including phenoxy) is 1. The van der Waals surface area contributed by atoms with Crippen molar-refractivity contribution < 1.29 is 14.3 Å². The Labute approximate surface area is 201 Å². The summed E-state index contributed by atoms with van der Waals surface area (Å²) >= 11 is 0. The van der Waals surface area contributed by atoms with Crippen LogP contribution in [0.2, 0.25) is 0 Å². The number of hydrogen-bond acceptors (Lipinski definition) is 3. The fourth-order valence-electron chi connectivity index (χ4n) is 8.63. The molecule has 3 fully saturated rings. The zero-order valence-corrected chi connectivity index (χ0v) is 21.9. The average Bonchev–Trinajstić information content (AvgIpc) is 3.02. The molecular weight excluding hydrogens is 410 g/mol. The van der Waals surface area contributed by atoms with Crippen LogP contribution in [-0.4, -0.2) is 24.0 Å². The van der Waals surface area contributed by atoms with Gasteiger partial charge in [0.15, 0.2) is 0 Å². The van der Waals surface area contributed by atoms with Crippen LogP contribution in [0.4, 0.5) is 0 Å². The summed E-state index contributed by atoms with van der Waals surface area (Å²) in [4.78, 5) is 24.6. The number of amides is 1. The summed E-state index contributed by atoms with van der Waals surface area (Å²) in [7, 11) is 0. The van der Waals surface area contributed by atoms with Crippen molar-refractivity contribution in [1.29, 1.82) is 0 Å². The van der Waals surface area contributed by atoms with Crippen molar-refractivity contribution in [1.82, 2.24) is 5.32 Å². The first-order valence-corrected chi connectivity index (χ1v) is 13.7. The van der Waals surface area contributed by atoms with Gasteiger partial charge in [0.25, 0.3) is 0 Å². The molecule has 3 saturated carbocycles. The summed E-state index contributed by atoms with van der Waals surface area (Å²) in [6, 6.07) is 0.271. The molecule has 1 aliphatic heterocycles. The van der Waals surface area contributed by atoms with Gasteiger partial charge in [-0.25, -0.2) is 0 Å². The molecule has 0 aromatic heterocycles. The van der Waals surface area contributed by atoms with Gasteiger partial charge in [0.2, 0.25) is 5.91 Å². The SMILES string of the molecule is CC(=O)O[C@H]1CC[C@@]2(C)C(=CC(=O)N[C@H]3[C@@H]4CC[C@H]([C@H](C)CCCC(C)C)[C@@]4(C)CC[C@@H]32)C1. The maximum absolute atomic E-state index is 13.1. The fourth-order valence-corrected chi connectivity index (χ4v) is 8.63. The molecule has 0 spiro atoms. The summed E-state index contributed by atoms with van der Waals surface area (Å²) < 4.78 is 5.56. The first-order valence-electron chi connectivity index (χ1n) is 13.7. The van der Waals surface area contributed by atoms with Crippen LogP contribution in [0.5, 0.6) is 0 Å². The van der Waals surface area contributed by atoms with Crippen LogP contribution in [-0.2, 0) is 14.3 Å². The lowest BCUT2D eigenvalue weighted by atomic mass is 9.51. The van der Waals surface area contributed by atoms with Crippen LogP contribution in [0.1, 0.15) is 106 Å². The molecule has 4 nitrogen and oxygen atoms in total. The van der Waals surface area contributed by atoms with Crippen LogP contribution in [0, 0.1) is 40.4 Å². The monoisotopic (exact) mass is 457 g/mol. The van der Waals surface area contributed by atoms with E-state index in [4.69, 9.17) is 4.74 Å². The molecule has 1 heterocycles. The lowest BCUT2D eigenvalue weighted by molar-refractivity contribution is -0.148. The van der Waals surface area contributed by atoms with Gasteiger partial charge in [-0.2, -0.15) is 0 Å². The van der Waals surface area contributed by atoms with Crippen molar-refractivity contribution in [2.75, 3.05) is 0 Å². The smallest absolute Gasteiger partial charge is 0.302 e. The number of esters is 1. The molecule has 0 bridgehead atoms. The average molecular weight is 458 g/mol. The maximum atomic E-state index is 13.1. The van der Waals surface area contributed by atoms with Crippen molar-refractivity contribution in [3.63, 3.8) is 0 Å². The molecule has 4 rings (SSSR count). The highest BCUT2D eigenvalue weighted by Gasteiger charge is 2.59. The Balaban J connectivity index is 1.52. The van der Waals surface area contributed by atoms with E-state index in [2.05, 4.69) is 39.9 Å². The van der Waals surface area contributed by atoms with Gasteiger partial charge in [0.05, 0.1) is 0 Å². The van der Waals surface area contributed by atoms with E-state index in [9.17, 15) is 9.59 Å². The van der Waals surface area contributed by atoms with E-state index in [0.717, 1.165) is 30.6 Å². The Hall–Kier alpha value is -1.32. The van der Waals surface area contributed by atoms with E-state index in [1.54, 1.807) is 0 Å². The molecular formula is C29H47NO3. The van der Waals surface area contributed by atoms with Crippen molar-refractivity contribution in [3.05, 3.63) is 11.6 Å². The quantitative estimate of drug-likeness (QED) is 0.467. The number of rotatable bonds is 6. The van der Waals surface area contributed by atoms with E-state index >= 15 is 0 Å². The van der Waals surface area contributed by atoms with Crippen LogP contribution in [0.15, 0.2) is 11.6 Å². The van der Waals surface area contributed by atoms with Crippen LogP contribution in [0.25, 0.3) is 0 Å². The maximum Gasteiger partial charge on any atom is 0.302 e. The van der Waals surface area contributed by atoms with Crippen LogP contribution in [0.3, 0.4) is 0 Å². The standard InChI is InChI=1S/C29H47NO3/c1-18(2)8-7-9-19(3)23-10-11-24-27-25(13-15-29(23,24)6)28(5)14-12-22(33-20(4)31)16-21(28)17-26(32)30-27/h17-19,22-25,27H,7-16H2,1-6H3,(H,30,32)/t19-,22+,23-,24+,25+,27+,28+,29-/m1/s1. The lowest BCUT2D eigenvalue weighted by Crippen LogP contribution is -2.56. The highest BCUT2D eigenvalue weighted by molar-refractivity contribution is 5.89. The summed E-state index contributed by atoms with van der Waals surface area (Å²) in [6.07, 6.45) is 13.5. The minimum Gasteiger partial charge on any atom is -0.462 e. The largest absolute Gasteiger partial charge is 0.462 e. The molecule has 1 amide bonds. The summed E-state index contributed by atoms with van der Waals surface area (Å²) in [5.74, 6) is 3.25. The Morgan fingerprint density at radius 2 is 1.85 bits per heavy atom. The minimum absolute atomic E-state index is 0.0305. The van der Waals surface area contributed by atoms with Gasteiger partial charge in [0, 0.05) is 25.5 Å². The normalized spacial score (nSPS) is 41.2. The first-order chi connectivity index (χ1) is 15.5. The zero-order chi connectivity index (χ0) is 24.0. The van der Waals surface area contributed by atoms with Gasteiger partial charge in [-0.3, -0.25) is 9.59 Å². The number of carbonyl (C=O) groups is 2.